The number of amides is 1. The standard InChI is InChI=1S/C29H41NO6/c1-7-8-12-20(2)27(35-6)21(3)28(31)30-25(17-22-13-10-9-11-14-22)29(32)36-19-23-15-16-24(33-4)18-26(23)34-5/h9-11,13-16,18,20-21,25,27H,7-8,12,17,19H2,1-6H3,(H,30,31)/t20?,21?,25-,27?/m0/s1. The second-order valence-corrected chi connectivity index (χ2v) is 9.14. The highest BCUT2D eigenvalue weighted by molar-refractivity contribution is 5.86. The van der Waals surface area contributed by atoms with Gasteiger partial charge in [0.15, 0.2) is 0 Å². The van der Waals surface area contributed by atoms with E-state index in [-0.39, 0.29) is 24.5 Å². The van der Waals surface area contributed by atoms with E-state index < -0.39 is 17.9 Å². The fraction of sp³-hybridized carbons (Fsp3) is 0.517. The van der Waals surface area contributed by atoms with Gasteiger partial charge in [0.05, 0.1) is 26.2 Å². The number of unbranched alkanes of at least 4 members (excludes halogenated alkanes) is 1. The summed E-state index contributed by atoms with van der Waals surface area (Å²) in [4.78, 5) is 26.4. The third kappa shape index (κ3) is 8.55. The Kier molecular flexibility index (Phi) is 12.3. The Hall–Kier alpha value is -3.06. The van der Waals surface area contributed by atoms with Gasteiger partial charge in [-0.2, -0.15) is 0 Å². The average molecular weight is 500 g/mol. The van der Waals surface area contributed by atoms with Crippen LogP contribution in [-0.2, 0) is 32.1 Å². The zero-order valence-electron chi connectivity index (χ0n) is 22.4. The van der Waals surface area contributed by atoms with Crippen LogP contribution in [-0.4, -0.2) is 45.4 Å². The molecule has 0 heterocycles. The minimum absolute atomic E-state index is 0.0114. The number of benzene rings is 2. The largest absolute Gasteiger partial charge is 0.497 e. The summed E-state index contributed by atoms with van der Waals surface area (Å²) >= 11 is 0. The Balaban J connectivity index is 2.15. The molecule has 198 valence electrons. The van der Waals surface area contributed by atoms with Gasteiger partial charge < -0.3 is 24.3 Å². The Bertz CT molecular complexity index is 948. The maximum atomic E-state index is 13.2. The van der Waals surface area contributed by atoms with Gasteiger partial charge in [-0.05, 0) is 30.0 Å². The number of methoxy groups -OCH3 is 3. The van der Waals surface area contributed by atoms with E-state index in [1.54, 1.807) is 39.5 Å². The number of ether oxygens (including phenoxy) is 4. The quantitative estimate of drug-likeness (QED) is 0.349. The molecule has 0 saturated heterocycles. The van der Waals surface area contributed by atoms with E-state index in [4.69, 9.17) is 18.9 Å². The van der Waals surface area contributed by atoms with Crippen molar-refractivity contribution in [1.29, 1.82) is 0 Å². The lowest BCUT2D eigenvalue weighted by Gasteiger charge is -2.29. The summed E-state index contributed by atoms with van der Waals surface area (Å²) in [6, 6.07) is 14.0. The van der Waals surface area contributed by atoms with Crippen molar-refractivity contribution < 1.29 is 28.5 Å². The van der Waals surface area contributed by atoms with Crippen LogP contribution < -0.4 is 14.8 Å². The molecule has 0 bridgehead atoms. The van der Waals surface area contributed by atoms with Crippen LogP contribution in [0.5, 0.6) is 11.5 Å². The molecule has 0 aromatic heterocycles. The Morgan fingerprint density at radius 2 is 1.69 bits per heavy atom. The SMILES string of the molecule is CCCCC(C)C(OC)C(C)C(=O)N[C@@H](Cc1ccccc1)C(=O)OCc1ccc(OC)cc1OC. The van der Waals surface area contributed by atoms with Crippen LogP contribution in [0.1, 0.15) is 51.2 Å². The highest BCUT2D eigenvalue weighted by Gasteiger charge is 2.32. The Labute approximate surface area is 215 Å². The van der Waals surface area contributed by atoms with Crippen LogP contribution in [0.25, 0.3) is 0 Å². The summed E-state index contributed by atoms with van der Waals surface area (Å²) < 4.78 is 22.0. The van der Waals surface area contributed by atoms with Crippen LogP contribution in [0.3, 0.4) is 0 Å². The van der Waals surface area contributed by atoms with Crippen molar-refractivity contribution in [2.24, 2.45) is 11.8 Å². The van der Waals surface area contributed by atoms with Crippen molar-refractivity contribution in [3.8, 4) is 11.5 Å². The molecule has 0 saturated carbocycles. The number of rotatable bonds is 15. The molecule has 0 aliphatic carbocycles. The summed E-state index contributed by atoms with van der Waals surface area (Å²) in [5.41, 5.74) is 1.63. The van der Waals surface area contributed by atoms with E-state index in [1.165, 1.54) is 0 Å². The number of carbonyl (C=O) groups excluding carboxylic acids is 2. The molecule has 3 unspecified atom stereocenters. The van der Waals surface area contributed by atoms with Crippen molar-refractivity contribution in [2.45, 2.75) is 65.2 Å². The molecule has 1 N–H and O–H groups in total. The van der Waals surface area contributed by atoms with E-state index in [0.29, 0.717) is 23.5 Å². The van der Waals surface area contributed by atoms with Gasteiger partial charge in [-0.1, -0.05) is 63.9 Å². The molecule has 0 radical (unpaired) electrons. The number of esters is 1. The lowest BCUT2D eigenvalue weighted by atomic mass is 9.88. The van der Waals surface area contributed by atoms with Crippen LogP contribution >= 0.6 is 0 Å². The molecule has 0 aliphatic heterocycles. The van der Waals surface area contributed by atoms with E-state index >= 15 is 0 Å². The predicted molar refractivity (Wildman–Crippen MR) is 140 cm³/mol. The normalized spacial score (nSPS) is 14.3. The molecule has 0 aliphatic rings. The minimum atomic E-state index is -0.838. The van der Waals surface area contributed by atoms with Crippen LogP contribution in [0, 0.1) is 11.8 Å². The van der Waals surface area contributed by atoms with E-state index in [1.807, 2.05) is 37.3 Å². The first-order chi connectivity index (χ1) is 17.3. The molecule has 7 heteroatoms. The van der Waals surface area contributed by atoms with Crippen molar-refractivity contribution in [2.75, 3.05) is 21.3 Å². The Morgan fingerprint density at radius 1 is 0.972 bits per heavy atom. The van der Waals surface area contributed by atoms with Crippen molar-refractivity contribution in [3.05, 3.63) is 59.7 Å². The molecular formula is C29H41NO6. The minimum Gasteiger partial charge on any atom is -0.497 e. The maximum Gasteiger partial charge on any atom is 0.329 e. The maximum absolute atomic E-state index is 13.2. The molecule has 4 atom stereocenters. The molecule has 2 aromatic carbocycles. The molecule has 1 amide bonds. The molecule has 2 rings (SSSR count). The first kappa shape index (κ1) is 29.2. The van der Waals surface area contributed by atoms with Crippen molar-refractivity contribution in [3.63, 3.8) is 0 Å². The van der Waals surface area contributed by atoms with Gasteiger partial charge in [0.1, 0.15) is 24.1 Å². The van der Waals surface area contributed by atoms with Crippen molar-refractivity contribution >= 4 is 11.9 Å². The second-order valence-electron chi connectivity index (χ2n) is 9.14. The predicted octanol–water partition coefficient (Wildman–Crippen LogP) is 4.95. The van der Waals surface area contributed by atoms with Gasteiger partial charge in [0.2, 0.25) is 5.91 Å². The first-order valence-electron chi connectivity index (χ1n) is 12.6. The highest BCUT2D eigenvalue weighted by atomic mass is 16.5. The topological polar surface area (TPSA) is 83.1 Å². The molecule has 36 heavy (non-hydrogen) atoms. The smallest absolute Gasteiger partial charge is 0.329 e. The van der Waals surface area contributed by atoms with E-state index in [0.717, 1.165) is 24.8 Å². The average Bonchev–Trinajstić information content (AvgIpc) is 2.90. The summed E-state index contributed by atoms with van der Waals surface area (Å²) in [5.74, 6) is 0.261. The van der Waals surface area contributed by atoms with Crippen LogP contribution in [0.15, 0.2) is 48.5 Å². The summed E-state index contributed by atoms with van der Waals surface area (Å²) in [7, 11) is 4.76. The number of hydrogen-bond donors (Lipinski definition) is 1. The molecular weight excluding hydrogens is 458 g/mol. The molecule has 7 nitrogen and oxygen atoms in total. The fourth-order valence-electron chi connectivity index (χ4n) is 4.34. The van der Waals surface area contributed by atoms with E-state index in [9.17, 15) is 9.59 Å². The van der Waals surface area contributed by atoms with Crippen molar-refractivity contribution in [1.82, 2.24) is 5.32 Å². The second kappa shape index (κ2) is 15.1. The zero-order chi connectivity index (χ0) is 26.5. The van der Waals surface area contributed by atoms with Crippen LogP contribution in [0.2, 0.25) is 0 Å². The summed E-state index contributed by atoms with van der Waals surface area (Å²) in [6.45, 7) is 6.11. The highest BCUT2D eigenvalue weighted by Crippen LogP contribution is 2.26. The number of nitrogens with one attached hydrogen (secondary N) is 1. The Morgan fingerprint density at radius 3 is 2.31 bits per heavy atom. The first-order valence-corrected chi connectivity index (χ1v) is 12.6. The van der Waals surface area contributed by atoms with Gasteiger partial charge in [0, 0.05) is 25.2 Å². The number of hydrogen-bond acceptors (Lipinski definition) is 6. The number of carbonyl (C=O) groups is 2. The van der Waals surface area contributed by atoms with E-state index in [2.05, 4.69) is 19.2 Å². The lowest BCUT2D eigenvalue weighted by molar-refractivity contribution is -0.150. The van der Waals surface area contributed by atoms with Crippen LogP contribution in [0.4, 0.5) is 0 Å². The van der Waals surface area contributed by atoms with Gasteiger partial charge in [-0.25, -0.2) is 4.79 Å². The lowest BCUT2D eigenvalue weighted by Crippen LogP contribution is -2.48. The van der Waals surface area contributed by atoms with Gasteiger partial charge in [0.25, 0.3) is 0 Å². The third-order valence-corrected chi connectivity index (χ3v) is 6.50. The molecule has 0 fully saturated rings. The molecule has 2 aromatic rings. The monoisotopic (exact) mass is 499 g/mol. The van der Waals surface area contributed by atoms with Gasteiger partial charge in [-0.3, -0.25) is 4.79 Å². The zero-order valence-corrected chi connectivity index (χ0v) is 22.4. The summed E-state index contributed by atoms with van der Waals surface area (Å²) in [6.07, 6.45) is 3.22. The molecule has 0 spiro atoms. The van der Waals surface area contributed by atoms with Gasteiger partial charge >= 0.3 is 5.97 Å². The summed E-state index contributed by atoms with van der Waals surface area (Å²) in [5, 5.41) is 2.93. The fourth-order valence-corrected chi connectivity index (χ4v) is 4.34. The van der Waals surface area contributed by atoms with Gasteiger partial charge in [-0.15, -0.1) is 0 Å². The third-order valence-electron chi connectivity index (χ3n) is 6.50.